The van der Waals surface area contributed by atoms with E-state index in [0.717, 1.165) is 23.6 Å². The zero-order valence-electron chi connectivity index (χ0n) is 13.9. The van der Waals surface area contributed by atoms with Gasteiger partial charge >= 0.3 is 0 Å². The SMILES string of the molecule is Cc1ccc(Cn2cc(NC(=S)Nc3cn(C)nc3C)cn2)cc1. The standard InChI is InChI=1S/C17H20N6S/c1-12-4-6-14(7-5-12)9-23-10-15(8-18-23)19-17(24)20-16-11-22(3)21-13(16)2/h4-8,10-11H,9H2,1-3H3,(H2,19,20,24). The van der Waals surface area contributed by atoms with Crippen LogP contribution >= 0.6 is 12.2 Å². The van der Waals surface area contributed by atoms with Crippen molar-refractivity contribution < 1.29 is 0 Å². The number of aromatic nitrogens is 4. The summed E-state index contributed by atoms with van der Waals surface area (Å²) in [5.41, 5.74) is 5.10. The number of benzene rings is 1. The minimum Gasteiger partial charge on any atom is -0.330 e. The van der Waals surface area contributed by atoms with Crippen LogP contribution in [0.15, 0.2) is 42.9 Å². The maximum absolute atomic E-state index is 5.34. The van der Waals surface area contributed by atoms with Crippen LogP contribution in [0.5, 0.6) is 0 Å². The fourth-order valence-corrected chi connectivity index (χ4v) is 2.63. The van der Waals surface area contributed by atoms with Crippen molar-refractivity contribution >= 4 is 28.7 Å². The summed E-state index contributed by atoms with van der Waals surface area (Å²) in [5.74, 6) is 0. The van der Waals surface area contributed by atoms with Crippen LogP contribution in [0, 0.1) is 13.8 Å². The van der Waals surface area contributed by atoms with Gasteiger partial charge < -0.3 is 10.6 Å². The Balaban J connectivity index is 1.60. The summed E-state index contributed by atoms with van der Waals surface area (Å²) in [6.07, 6.45) is 5.59. The number of nitrogens with zero attached hydrogens (tertiary/aromatic N) is 4. The normalized spacial score (nSPS) is 10.6. The van der Waals surface area contributed by atoms with Crippen LogP contribution in [0.3, 0.4) is 0 Å². The average molecular weight is 340 g/mol. The molecule has 0 saturated carbocycles. The van der Waals surface area contributed by atoms with Gasteiger partial charge in [-0.1, -0.05) is 29.8 Å². The van der Waals surface area contributed by atoms with E-state index in [1.807, 2.05) is 31.0 Å². The molecule has 0 aliphatic carbocycles. The van der Waals surface area contributed by atoms with Gasteiger partial charge in [-0.15, -0.1) is 0 Å². The van der Waals surface area contributed by atoms with Gasteiger partial charge in [-0.2, -0.15) is 10.2 Å². The molecule has 3 rings (SSSR count). The van der Waals surface area contributed by atoms with Crippen LogP contribution in [0.25, 0.3) is 0 Å². The zero-order chi connectivity index (χ0) is 17.1. The third-order valence-corrected chi connectivity index (χ3v) is 3.82. The van der Waals surface area contributed by atoms with Crippen molar-refractivity contribution in [3.05, 3.63) is 59.7 Å². The van der Waals surface area contributed by atoms with Crippen LogP contribution in [0.2, 0.25) is 0 Å². The Hall–Kier alpha value is -2.67. The fraction of sp³-hybridized carbons (Fsp3) is 0.235. The van der Waals surface area contributed by atoms with Gasteiger partial charge in [0.05, 0.1) is 29.8 Å². The van der Waals surface area contributed by atoms with Crippen molar-refractivity contribution in [1.29, 1.82) is 0 Å². The third-order valence-electron chi connectivity index (χ3n) is 3.62. The lowest BCUT2D eigenvalue weighted by Crippen LogP contribution is -2.19. The van der Waals surface area contributed by atoms with Gasteiger partial charge in [0.1, 0.15) is 0 Å². The molecule has 124 valence electrons. The number of thiocarbonyl (C=S) groups is 1. The molecule has 2 heterocycles. The summed E-state index contributed by atoms with van der Waals surface area (Å²) in [5, 5.41) is 15.4. The molecule has 0 bridgehead atoms. The van der Waals surface area contributed by atoms with Crippen molar-refractivity contribution in [3.8, 4) is 0 Å². The van der Waals surface area contributed by atoms with E-state index in [9.17, 15) is 0 Å². The van der Waals surface area contributed by atoms with Crippen molar-refractivity contribution in [2.45, 2.75) is 20.4 Å². The number of nitrogens with one attached hydrogen (secondary N) is 2. The Morgan fingerprint density at radius 2 is 1.88 bits per heavy atom. The average Bonchev–Trinajstić information content (AvgIpc) is 3.08. The van der Waals surface area contributed by atoms with Crippen LogP contribution in [0.1, 0.15) is 16.8 Å². The van der Waals surface area contributed by atoms with Crippen LogP contribution in [0.4, 0.5) is 11.4 Å². The van der Waals surface area contributed by atoms with E-state index in [1.165, 1.54) is 11.1 Å². The Bertz CT molecular complexity index is 846. The number of rotatable bonds is 4. The van der Waals surface area contributed by atoms with Crippen molar-refractivity contribution in [2.24, 2.45) is 7.05 Å². The van der Waals surface area contributed by atoms with Gasteiger partial charge in [-0.25, -0.2) is 0 Å². The van der Waals surface area contributed by atoms with Gasteiger partial charge in [0.25, 0.3) is 0 Å². The first-order valence-corrected chi connectivity index (χ1v) is 8.06. The highest BCUT2D eigenvalue weighted by molar-refractivity contribution is 7.80. The zero-order valence-corrected chi connectivity index (χ0v) is 14.8. The second kappa shape index (κ2) is 6.84. The number of aryl methyl sites for hydroxylation is 3. The van der Waals surface area contributed by atoms with Crippen molar-refractivity contribution in [2.75, 3.05) is 10.6 Å². The second-order valence-electron chi connectivity index (χ2n) is 5.79. The molecule has 24 heavy (non-hydrogen) atoms. The van der Waals surface area contributed by atoms with E-state index >= 15 is 0 Å². The topological polar surface area (TPSA) is 59.7 Å². The Morgan fingerprint density at radius 3 is 2.54 bits per heavy atom. The summed E-state index contributed by atoms with van der Waals surface area (Å²) in [6, 6.07) is 8.43. The highest BCUT2D eigenvalue weighted by Crippen LogP contribution is 2.13. The first-order valence-electron chi connectivity index (χ1n) is 7.66. The van der Waals surface area contributed by atoms with E-state index in [2.05, 4.69) is 52.0 Å². The predicted molar refractivity (Wildman–Crippen MR) is 100 cm³/mol. The molecule has 0 saturated heterocycles. The molecule has 0 aliphatic rings. The molecule has 6 nitrogen and oxygen atoms in total. The fourth-order valence-electron chi connectivity index (χ4n) is 2.40. The predicted octanol–water partition coefficient (Wildman–Crippen LogP) is 3.09. The molecule has 0 radical (unpaired) electrons. The Labute approximate surface area is 146 Å². The van der Waals surface area contributed by atoms with Crippen LogP contribution < -0.4 is 10.6 Å². The van der Waals surface area contributed by atoms with E-state index in [4.69, 9.17) is 12.2 Å². The molecule has 0 atom stereocenters. The first kappa shape index (κ1) is 16.2. The number of anilines is 2. The van der Waals surface area contributed by atoms with E-state index in [-0.39, 0.29) is 0 Å². The molecule has 2 N–H and O–H groups in total. The number of hydrogen-bond donors (Lipinski definition) is 2. The van der Waals surface area contributed by atoms with Gasteiger partial charge in [0.15, 0.2) is 5.11 Å². The number of hydrogen-bond acceptors (Lipinski definition) is 3. The Kier molecular flexibility index (Phi) is 4.61. The molecule has 0 fully saturated rings. The molecular formula is C17H20N6S. The molecule has 1 aromatic carbocycles. The van der Waals surface area contributed by atoms with Gasteiger partial charge in [-0.05, 0) is 31.6 Å². The van der Waals surface area contributed by atoms with Gasteiger partial charge in [-0.3, -0.25) is 9.36 Å². The molecule has 7 heteroatoms. The summed E-state index contributed by atoms with van der Waals surface area (Å²) in [7, 11) is 1.88. The van der Waals surface area contributed by atoms with Gasteiger partial charge in [0.2, 0.25) is 0 Å². The molecule has 0 aliphatic heterocycles. The molecule has 0 spiro atoms. The maximum Gasteiger partial charge on any atom is 0.175 e. The van der Waals surface area contributed by atoms with Crippen molar-refractivity contribution in [1.82, 2.24) is 19.6 Å². The largest absolute Gasteiger partial charge is 0.330 e. The molecule has 0 amide bonds. The lowest BCUT2D eigenvalue weighted by atomic mass is 10.1. The summed E-state index contributed by atoms with van der Waals surface area (Å²) < 4.78 is 3.63. The molecular weight excluding hydrogens is 320 g/mol. The summed E-state index contributed by atoms with van der Waals surface area (Å²) >= 11 is 5.34. The van der Waals surface area contributed by atoms with E-state index in [0.29, 0.717) is 5.11 Å². The van der Waals surface area contributed by atoms with E-state index < -0.39 is 0 Å². The van der Waals surface area contributed by atoms with Gasteiger partial charge in [0, 0.05) is 19.4 Å². The maximum atomic E-state index is 5.34. The lowest BCUT2D eigenvalue weighted by Gasteiger charge is -2.07. The van der Waals surface area contributed by atoms with Crippen LogP contribution in [-0.4, -0.2) is 24.7 Å². The highest BCUT2D eigenvalue weighted by Gasteiger charge is 2.06. The highest BCUT2D eigenvalue weighted by atomic mass is 32.1. The summed E-state index contributed by atoms with van der Waals surface area (Å²) in [6.45, 7) is 4.74. The first-order chi connectivity index (χ1) is 11.5. The minimum atomic E-state index is 0.515. The second-order valence-corrected chi connectivity index (χ2v) is 6.20. The monoisotopic (exact) mass is 340 g/mol. The Morgan fingerprint density at radius 1 is 1.12 bits per heavy atom. The smallest absolute Gasteiger partial charge is 0.175 e. The van der Waals surface area contributed by atoms with E-state index in [1.54, 1.807) is 10.9 Å². The molecule has 3 aromatic rings. The molecule has 2 aromatic heterocycles. The quantitative estimate of drug-likeness (QED) is 0.715. The van der Waals surface area contributed by atoms with Crippen LogP contribution in [-0.2, 0) is 13.6 Å². The minimum absolute atomic E-state index is 0.515. The lowest BCUT2D eigenvalue weighted by molar-refractivity contribution is 0.687. The summed E-state index contributed by atoms with van der Waals surface area (Å²) in [4.78, 5) is 0. The van der Waals surface area contributed by atoms with Crippen molar-refractivity contribution in [3.63, 3.8) is 0 Å². The molecule has 0 unspecified atom stereocenters. The third kappa shape index (κ3) is 3.99.